The normalized spacial score (nSPS) is 13.4. The molecule has 0 radical (unpaired) electrons. The highest BCUT2D eigenvalue weighted by Gasteiger charge is 2.13. The minimum atomic E-state index is -0.470. The number of carbonyl (C=O) groups is 2. The van der Waals surface area contributed by atoms with Gasteiger partial charge >= 0.3 is 0 Å². The van der Waals surface area contributed by atoms with Gasteiger partial charge in [0, 0.05) is 18.2 Å². The summed E-state index contributed by atoms with van der Waals surface area (Å²) in [6.07, 6.45) is 6.53. The van der Waals surface area contributed by atoms with E-state index in [9.17, 15) is 9.59 Å². The van der Waals surface area contributed by atoms with Crippen LogP contribution in [0, 0.1) is 5.92 Å². The van der Waals surface area contributed by atoms with E-state index in [1.807, 2.05) is 36.4 Å². The van der Waals surface area contributed by atoms with Gasteiger partial charge in [-0.05, 0) is 56.2 Å². The fourth-order valence-electron chi connectivity index (χ4n) is 3.24. The second kappa shape index (κ2) is 12.7. The number of nitrogens with zero attached hydrogens (tertiary/aromatic N) is 1. The highest BCUT2D eigenvalue weighted by Crippen LogP contribution is 2.24. The fraction of sp³-hybridized carbons (Fsp3) is 0.423. The molecule has 33 heavy (non-hydrogen) atoms. The van der Waals surface area contributed by atoms with E-state index in [0.29, 0.717) is 17.9 Å². The van der Waals surface area contributed by atoms with E-state index in [2.05, 4.69) is 22.5 Å². The highest BCUT2D eigenvalue weighted by molar-refractivity contribution is 5.94. The Balaban J connectivity index is 0.000000227. The van der Waals surface area contributed by atoms with E-state index in [1.165, 1.54) is 25.7 Å². The molecular formula is C26H35N3O4. The number of aliphatic hydroxyl groups excluding tert-OH is 1. The SMILES string of the molecule is CC(C)(CO)NC=O.CC1CCCC1.CNC(=O)c1ccc(-c2nc3ccccc3o2)cc1. The van der Waals surface area contributed by atoms with Gasteiger partial charge in [0.1, 0.15) is 5.52 Å². The topological polar surface area (TPSA) is 104 Å². The van der Waals surface area contributed by atoms with Crippen LogP contribution < -0.4 is 10.6 Å². The quantitative estimate of drug-likeness (QED) is 0.492. The number of nitrogens with one attached hydrogen (secondary N) is 2. The van der Waals surface area contributed by atoms with Crippen LogP contribution in [0.2, 0.25) is 0 Å². The average Bonchev–Trinajstić information content (AvgIpc) is 3.48. The molecule has 0 aliphatic heterocycles. The Morgan fingerprint density at radius 2 is 1.79 bits per heavy atom. The van der Waals surface area contributed by atoms with Crippen LogP contribution in [0.15, 0.2) is 52.9 Å². The maximum Gasteiger partial charge on any atom is 0.251 e. The monoisotopic (exact) mass is 453 g/mol. The lowest BCUT2D eigenvalue weighted by molar-refractivity contribution is -0.111. The minimum Gasteiger partial charge on any atom is -0.436 e. The number of oxazole rings is 1. The molecule has 0 atom stereocenters. The number of aliphatic hydroxyl groups is 1. The van der Waals surface area contributed by atoms with Gasteiger partial charge in [-0.25, -0.2) is 4.98 Å². The molecule has 7 nitrogen and oxygen atoms in total. The molecule has 2 amide bonds. The predicted octanol–water partition coefficient (Wildman–Crippen LogP) is 4.55. The van der Waals surface area contributed by atoms with Gasteiger partial charge < -0.3 is 20.2 Å². The Bertz CT molecular complexity index is 973. The van der Waals surface area contributed by atoms with Gasteiger partial charge in [0.25, 0.3) is 5.91 Å². The minimum absolute atomic E-state index is 0.0360. The smallest absolute Gasteiger partial charge is 0.251 e. The summed E-state index contributed by atoms with van der Waals surface area (Å²) in [7, 11) is 1.61. The van der Waals surface area contributed by atoms with Crippen molar-refractivity contribution in [2.75, 3.05) is 13.7 Å². The standard InChI is InChI=1S/C15H12N2O2.C6H12.C5H11NO2/c1-16-14(18)10-6-8-11(9-7-10)15-17-12-4-2-3-5-13(12)19-15;1-6-4-2-3-5-6;1-5(2,3-7)6-4-8/h2-9H,1H3,(H,16,18);6H,2-5H2,1H3;4,7H,3H2,1-2H3,(H,6,8). The average molecular weight is 454 g/mol. The van der Waals surface area contributed by atoms with Crippen molar-refractivity contribution in [2.45, 2.75) is 52.0 Å². The molecule has 1 heterocycles. The van der Waals surface area contributed by atoms with Crippen LogP contribution in [0.4, 0.5) is 0 Å². The number of fused-ring (bicyclic) bond motifs is 1. The molecule has 1 fully saturated rings. The van der Waals surface area contributed by atoms with Gasteiger partial charge in [0.15, 0.2) is 5.58 Å². The number of rotatable bonds is 5. The molecule has 3 aromatic rings. The van der Waals surface area contributed by atoms with Crippen LogP contribution in [0.3, 0.4) is 0 Å². The maximum absolute atomic E-state index is 11.5. The van der Waals surface area contributed by atoms with Gasteiger partial charge in [-0.15, -0.1) is 0 Å². The Morgan fingerprint density at radius 3 is 2.24 bits per heavy atom. The van der Waals surface area contributed by atoms with Crippen molar-refractivity contribution >= 4 is 23.4 Å². The van der Waals surface area contributed by atoms with Crippen molar-refractivity contribution < 1.29 is 19.1 Å². The Morgan fingerprint density at radius 1 is 1.15 bits per heavy atom. The van der Waals surface area contributed by atoms with Crippen molar-refractivity contribution in [3.63, 3.8) is 0 Å². The lowest BCUT2D eigenvalue weighted by Gasteiger charge is -2.19. The summed E-state index contributed by atoms with van der Waals surface area (Å²) in [6.45, 7) is 5.78. The van der Waals surface area contributed by atoms with Gasteiger partial charge in [0.05, 0.1) is 12.1 Å². The van der Waals surface area contributed by atoms with Gasteiger partial charge in [-0.1, -0.05) is 44.7 Å². The number of carbonyl (C=O) groups excluding carboxylic acids is 2. The van der Waals surface area contributed by atoms with Crippen molar-refractivity contribution in [1.29, 1.82) is 0 Å². The van der Waals surface area contributed by atoms with Crippen LogP contribution in [0.1, 0.15) is 56.8 Å². The summed E-state index contributed by atoms with van der Waals surface area (Å²) < 4.78 is 5.67. The van der Waals surface area contributed by atoms with Crippen molar-refractivity contribution in [1.82, 2.24) is 15.6 Å². The zero-order chi connectivity index (χ0) is 24.3. The largest absolute Gasteiger partial charge is 0.436 e. The first kappa shape index (κ1) is 26.1. The Kier molecular flexibility index (Phi) is 10.1. The fourth-order valence-corrected chi connectivity index (χ4v) is 3.24. The zero-order valence-corrected chi connectivity index (χ0v) is 19.9. The Labute approximate surface area is 195 Å². The van der Waals surface area contributed by atoms with Crippen LogP contribution in [0.25, 0.3) is 22.6 Å². The van der Waals surface area contributed by atoms with Gasteiger partial charge in [-0.2, -0.15) is 0 Å². The molecule has 178 valence electrons. The Hall–Kier alpha value is -3.19. The molecule has 1 aromatic heterocycles. The predicted molar refractivity (Wildman–Crippen MR) is 131 cm³/mol. The second-order valence-corrected chi connectivity index (χ2v) is 8.84. The summed E-state index contributed by atoms with van der Waals surface area (Å²) in [5.41, 5.74) is 2.58. The van der Waals surface area contributed by atoms with E-state index in [0.717, 1.165) is 22.6 Å². The summed E-state index contributed by atoms with van der Waals surface area (Å²) >= 11 is 0. The first-order valence-corrected chi connectivity index (χ1v) is 11.3. The second-order valence-electron chi connectivity index (χ2n) is 8.84. The summed E-state index contributed by atoms with van der Waals surface area (Å²) in [4.78, 5) is 25.6. The molecule has 7 heteroatoms. The zero-order valence-electron chi connectivity index (χ0n) is 19.9. The van der Waals surface area contributed by atoms with Gasteiger partial charge in [-0.3, -0.25) is 9.59 Å². The van der Waals surface area contributed by atoms with E-state index in [-0.39, 0.29) is 12.5 Å². The molecule has 0 bridgehead atoms. The van der Waals surface area contributed by atoms with Gasteiger partial charge in [0.2, 0.25) is 12.3 Å². The lowest BCUT2D eigenvalue weighted by atomic mass is 10.1. The third kappa shape index (κ3) is 8.35. The van der Waals surface area contributed by atoms with E-state index >= 15 is 0 Å². The third-order valence-corrected chi connectivity index (χ3v) is 5.40. The number of para-hydroxylation sites is 2. The van der Waals surface area contributed by atoms with Crippen LogP contribution in [-0.2, 0) is 4.79 Å². The summed E-state index contributed by atoms with van der Waals surface area (Å²) in [5.74, 6) is 1.50. The maximum atomic E-state index is 11.5. The van der Waals surface area contributed by atoms with Crippen LogP contribution in [-0.4, -0.2) is 41.6 Å². The summed E-state index contributed by atoms with van der Waals surface area (Å²) in [6, 6.07) is 14.8. The van der Waals surface area contributed by atoms with E-state index in [4.69, 9.17) is 9.52 Å². The number of benzene rings is 2. The number of hydrogen-bond donors (Lipinski definition) is 3. The third-order valence-electron chi connectivity index (χ3n) is 5.40. The summed E-state index contributed by atoms with van der Waals surface area (Å²) in [5, 5.41) is 13.5. The molecule has 0 saturated heterocycles. The number of aromatic nitrogens is 1. The molecule has 1 aliphatic carbocycles. The van der Waals surface area contributed by atoms with Crippen molar-refractivity contribution in [3.8, 4) is 11.5 Å². The highest BCUT2D eigenvalue weighted by atomic mass is 16.3. The first-order chi connectivity index (χ1) is 15.8. The number of amides is 2. The van der Waals surface area contributed by atoms with E-state index < -0.39 is 5.54 Å². The first-order valence-electron chi connectivity index (χ1n) is 11.3. The van der Waals surface area contributed by atoms with Crippen LogP contribution in [0.5, 0.6) is 0 Å². The molecule has 1 saturated carbocycles. The molecule has 0 unspecified atom stereocenters. The molecule has 0 spiro atoms. The molecular weight excluding hydrogens is 418 g/mol. The lowest BCUT2D eigenvalue weighted by Crippen LogP contribution is -2.41. The van der Waals surface area contributed by atoms with Crippen LogP contribution >= 0.6 is 0 Å². The molecule has 1 aliphatic rings. The molecule has 3 N–H and O–H groups in total. The number of hydrogen-bond acceptors (Lipinski definition) is 5. The molecule has 2 aromatic carbocycles. The molecule has 4 rings (SSSR count). The van der Waals surface area contributed by atoms with Crippen molar-refractivity contribution in [2.24, 2.45) is 5.92 Å². The van der Waals surface area contributed by atoms with Crippen molar-refractivity contribution in [3.05, 3.63) is 54.1 Å². The van der Waals surface area contributed by atoms with E-state index in [1.54, 1.807) is 33.0 Å².